The Morgan fingerprint density at radius 3 is 1.94 bits per heavy atom. The zero-order valence-corrected chi connectivity index (χ0v) is 19.1. The average molecular weight is 456 g/mol. The van der Waals surface area contributed by atoms with E-state index in [1.165, 1.54) is 0 Å². The van der Waals surface area contributed by atoms with E-state index in [2.05, 4.69) is 29.3 Å². The van der Waals surface area contributed by atoms with E-state index in [-0.39, 0.29) is 17.6 Å². The summed E-state index contributed by atoms with van der Waals surface area (Å²) in [7, 11) is 0. The van der Waals surface area contributed by atoms with Crippen molar-refractivity contribution in [3.63, 3.8) is 0 Å². The van der Waals surface area contributed by atoms with Crippen LogP contribution >= 0.6 is 0 Å². The van der Waals surface area contributed by atoms with E-state index < -0.39 is 5.60 Å². The number of ether oxygens (including phenoxy) is 3. The van der Waals surface area contributed by atoms with Crippen molar-refractivity contribution in [3.05, 3.63) is 108 Å². The molecule has 3 saturated carbocycles. The van der Waals surface area contributed by atoms with Crippen molar-refractivity contribution < 1.29 is 19.0 Å². The number of hydrogen-bond donors (Lipinski definition) is 0. The Labute approximate surface area is 200 Å². The number of benzene rings is 3. The van der Waals surface area contributed by atoms with Gasteiger partial charge in [0.25, 0.3) is 0 Å². The highest BCUT2D eigenvalue weighted by Gasteiger charge is 2.75. The van der Waals surface area contributed by atoms with E-state index in [0.717, 1.165) is 23.1 Å². The highest BCUT2D eigenvalue weighted by Crippen LogP contribution is 2.66. The van der Waals surface area contributed by atoms with Crippen LogP contribution in [0.2, 0.25) is 0 Å². The fourth-order valence-electron chi connectivity index (χ4n) is 5.59. The Kier molecular flexibility index (Phi) is 6.70. The smallest absolute Gasteiger partial charge is 0.235 e. The standard InChI is InChI=1S/C29H29NO4/c31-22-30-26-16-28(21-32-17-23-10-4-1-5-11-23)20-29(26,34-19-25-14-8-3-9-15-25)27(28)33-18-24-12-6-2-7-13-24/h1-15,26-27H,16-21H2/t26-,27-,28-,29+/m1/s1. The zero-order valence-electron chi connectivity index (χ0n) is 19.1. The number of nitrogens with zero attached hydrogens (tertiary/aromatic N) is 1. The van der Waals surface area contributed by atoms with E-state index in [1.807, 2.05) is 66.7 Å². The van der Waals surface area contributed by atoms with Crippen LogP contribution < -0.4 is 0 Å². The largest absolute Gasteiger partial charge is 0.376 e. The van der Waals surface area contributed by atoms with Gasteiger partial charge < -0.3 is 14.2 Å². The monoisotopic (exact) mass is 455 g/mol. The maximum Gasteiger partial charge on any atom is 0.235 e. The molecule has 5 nitrogen and oxygen atoms in total. The Morgan fingerprint density at radius 2 is 1.35 bits per heavy atom. The van der Waals surface area contributed by atoms with Gasteiger partial charge in [-0.25, -0.2) is 4.79 Å². The lowest BCUT2D eigenvalue weighted by molar-refractivity contribution is -0.258. The van der Waals surface area contributed by atoms with Gasteiger partial charge in [0.05, 0.1) is 38.6 Å². The third-order valence-corrected chi connectivity index (χ3v) is 7.11. The van der Waals surface area contributed by atoms with Crippen LogP contribution in [0.4, 0.5) is 0 Å². The summed E-state index contributed by atoms with van der Waals surface area (Å²) >= 11 is 0. The number of aliphatic imine (C=N–C) groups is 1. The lowest BCUT2D eigenvalue weighted by Crippen LogP contribution is -2.64. The second-order valence-corrected chi connectivity index (χ2v) is 9.36. The van der Waals surface area contributed by atoms with Gasteiger partial charge in [-0.05, 0) is 29.5 Å². The van der Waals surface area contributed by atoms with Crippen molar-refractivity contribution in [2.45, 2.75) is 50.4 Å². The molecule has 2 bridgehead atoms. The number of carbonyl (C=O) groups excluding carboxylic acids is 1. The van der Waals surface area contributed by atoms with Crippen molar-refractivity contribution >= 4 is 6.08 Å². The Morgan fingerprint density at radius 1 is 0.794 bits per heavy atom. The number of fused-ring (bicyclic) bond motifs is 1. The van der Waals surface area contributed by atoms with Crippen LogP contribution in [-0.4, -0.2) is 30.4 Å². The first-order valence-electron chi connectivity index (χ1n) is 11.8. The van der Waals surface area contributed by atoms with Crippen LogP contribution in [0, 0.1) is 5.41 Å². The zero-order chi connectivity index (χ0) is 23.3. The van der Waals surface area contributed by atoms with Gasteiger partial charge in [0.1, 0.15) is 5.60 Å². The molecule has 174 valence electrons. The number of hydrogen-bond acceptors (Lipinski definition) is 5. The summed E-state index contributed by atoms with van der Waals surface area (Å²) in [6, 6.07) is 30.0. The Balaban J connectivity index is 1.35. The summed E-state index contributed by atoms with van der Waals surface area (Å²) < 4.78 is 19.3. The second-order valence-electron chi connectivity index (χ2n) is 9.36. The van der Waals surface area contributed by atoms with Gasteiger partial charge in [-0.3, -0.25) is 0 Å². The van der Waals surface area contributed by atoms with E-state index in [1.54, 1.807) is 6.08 Å². The van der Waals surface area contributed by atoms with E-state index in [9.17, 15) is 4.79 Å². The molecule has 0 aromatic heterocycles. The fraction of sp³-hybridized carbons (Fsp3) is 0.345. The molecular formula is C29H29NO4. The van der Waals surface area contributed by atoms with Crippen molar-refractivity contribution in [1.82, 2.24) is 0 Å². The predicted molar refractivity (Wildman–Crippen MR) is 129 cm³/mol. The molecule has 0 aliphatic heterocycles. The summed E-state index contributed by atoms with van der Waals surface area (Å²) in [5, 5.41) is 0. The molecule has 0 radical (unpaired) electrons. The molecule has 0 heterocycles. The van der Waals surface area contributed by atoms with Gasteiger partial charge in [0.2, 0.25) is 6.08 Å². The lowest BCUT2D eigenvalue weighted by Gasteiger charge is -2.54. The highest BCUT2D eigenvalue weighted by molar-refractivity contribution is 5.38. The lowest BCUT2D eigenvalue weighted by atomic mass is 9.63. The molecule has 0 unspecified atom stereocenters. The molecule has 5 heteroatoms. The molecule has 0 saturated heterocycles. The van der Waals surface area contributed by atoms with Crippen LogP contribution in [0.25, 0.3) is 0 Å². The molecule has 34 heavy (non-hydrogen) atoms. The first-order chi connectivity index (χ1) is 16.7. The minimum absolute atomic E-state index is 0.221. The van der Waals surface area contributed by atoms with Crippen LogP contribution in [-0.2, 0) is 38.8 Å². The molecule has 3 fully saturated rings. The van der Waals surface area contributed by atoms with Crippen LogP contribution in [0.3, 0.4) is 0 Å². The molecular weight excluding hydrogens is 426 g/mol. The molecule has 3 aromatic carbocycles. The maximum atomic E-state index is 11.3. The molecule has 0 amide bonds. The molecule has 4 atom stereocenters. The van der Waals surface area contributed by atoms with Gasteiger partial charge in [-0.15, -0.1) is 0 Å². The van der Waals surface area contributed by atoms with Crippen LogP contribution in [0.1, 0.15) is 29.5 Å². The van der Waals surface area contributed by atoms with E-state index >= 15 is 0 Å². The van der Waals surface area contributed by atoms with E-state index in [4.69, 9.17) is 14.2 Å². The van der Waals surface area contributed by atoms with Crippen LogP contribution in [0.15, 0.2) is 96.0 Å². The summed E-state index contributed by atoms with van der Waals surface area (Å²) in [5.74, 6) is 0. The normalized spacial score (nSPS) is 27.1. The van der Waals surface area contributed by atoms with Gasteiger partial charge >= 0.3 is 0 Å². The fourth-order valence-corrected chi connectivity index (χ4v) is 5.59. The molecule has 3 aromatic rings. The van der Waals surface area contributed by atoms with Crippen molar-refractivity contribution in [3.8, 4) is 0 Å². The predicted octanol–water partition coefficient (Wildman–Crippen LogP) is 5.24. The quantitative estimate of drug-likeness (QED) is 0.293. The van der Waals surface area contributed by atoms with Crippen molar-refractivity contribution in [2.24, 2.45) is 10.4 Å². The minimum Gasteiger partial charge on any atom is -0.376 e. The Hall–Kier alpha value is -3.08. The Bertz CT molecular complexity index is 1120. The third kappa shape index (κ3) is 4.48. The second kappa shape index (κ2) is 10.0. The minimum atomic E-state index is -0.655. The summed E-state index contributed by atoms with van der Waals surface area (Å²) in [4.78, 5) is 15.5. The van der Waals surface area contributed by atoms with Crippen LogP contribution in [0.5, 0.6) is 0 Å². The van der Waals surface area contributed by atoms with Gasteiger partial charge in [-0.1, -0.05) is 91.0 Å². The molecule has 6 rings (SSSR count). The third-order valence-electron chi connectivity index (χ3n) is 7.11. The number of isocyanates is 1. The van der Waals surface area contributed by atoms with Crippen molar-refractivity contribution in [1.29, 1.82) is 0 Å². The van der Waals surface area contributed by atoms with Gasteiger partial charge in [0, 0.05) is 5.41 Å². The number of rotatable bonds is 11. The highest BCUT2D eigenvalue weighted by atomic mass is 16.6. The average Bonchev–Trinajstić information content (AvgIpc) is 3.32. The van der Waals surface area contributed by atoms with Crippen molar-refractivity contribution in [2.75, 3.05) is 6.61 Å². The summed E-state index contributed by atoms with van der Waals surface area (Å²) in [5.41, 5.74) is 2.41. The SMILES string of the molecule is O=C=N[C@@H]1C[C@]2(COCc3ccccc3)C[C@@]1(OCc1ccccc1)[C@@H]2OCc1ccccc1. The molecule has 3 aliphatic carbocycles. The first kappa shape index (κ1) is 22.7. The summed E-state index contributed by atoms with van der Waals surface area (Å²) in [6.07, 6.45) is 2.99. The molecule has 0 spiro atoms. The molecule has 0 N–H and O–H groups in total. The summed E-state index contributed by atoms with van der Waals surface area (Å²) in [6.45, 7) is 1.98. The van der Waals surface area contributed by atoms with Gasteiger partial charge in [-0.2, -0.15) is 4.99 Å². The maximum absolute atomic E-state index is 11.3. The van der Waals surface area contributed by atoms with E-state index in [0.29, 0.717) is 32.8 Å². The van der Waals surface area contributed by atoms with Gasteiger partial charge in [0.15, 0.2) is 0 Å². The first-order valence-corrected chi connectivity index (χ1v) is 11.8. The molecule has 3 aliphatic rings. The topological polar surface area (TPSA) is 57.1 Å².